The van der Waals surface area contributed by atoms with Crippen LogP contribution in [0.1, 0.15) is 55.2 Å². The van der Waals surface area contributed by atoms with Crippen LogP contribution in [-0.2, 0) is 19.9 Å². The highest BCUT2D eigenvalue weighted by Crippen LogP contribution is 2.30. The summed E-state index contributed by atoms with van der Waals surface area (Å²) in [5.41, 5.74) is 5.55. The lowest BCUT2D eigenvalue weighted by molar-refractivity contribution is 0.0921. The fourth-order valence-electron chi connectivity index (χ4n) is 3.56. The number of hydrogen-bond acceptors (Lipinski definition) is 4. The van der Waals surface area contributed by atoms with Gasteiger partial charge in [0, 0.05) is 30.0 Å². The summed E-state index contributed by atoms with van der Waals surface area (Å²) < 4.78 is 1.96. The van der Waals surface area contributed by atoms with Gasteiger partial charge in [-0.3, -0.25) is 9.48 Å². The molecule has 0 bridgehead atoms. The summed E-state index contributed by atoms with van der Waals surface area (Å²) in [6, 6.07) is 0. The lowest BCUT2D eigenvalue weighted by Gasteiger charge is -2.20. The zero-order chi connectivity index (χ0) is 18.5. The minimum atomic E-state index is -0.314. The maximum atomic E-state index is 12.6. The molecule has 0 aromatic carbocycles. The number of aromatic nitrogens is 5. The number of nitrogens with one attached hydrogen (secondary N) is 2. The van der Waals surface area contributed by atoms with E-state index in [4.69, 9.17) is 10.1 Å². The fourth-order valence-corrected chi connectivity index (χ4v) is 3.56. The first-order valence-electron chi connectivity index (χ1n) is 9.05. The molecule has 1 aliphatic rings. The van der Waals surface area contributed by atoms with Gasteiger partial charge in [-0.05, 0) is 46.5 Å². The van der Waals surface area contributed by atoms with Crippen molar-refractivity contribution in [1.29, 1.82) is 0 Å². The molecule has 4 rings (SSSR count). The van der Waals surface area contributed by atoms with E-state index in [1.165, 1.54) is 24.1 Å². The van der Waals surface area contributed by atoms with Crippen molar-refractivity contribution in [2.24, 2.45) is 7.05 Å². The molecular weight excluding hydrogens is 328 g/mol. The highest BCUT2D eigenvalue weighted by molar-refractivity contribution is 6.05. The summed E-state index contributed by atoms with van der Waals surface area (Å²) in [6.45, 7) is 5.87. The van der Waals surface area contributed by atoms with Crippen LogP contribution in [0.3, 0.4) is 0 Å². The summed E-state index contributed by atoms with van der Waals surface area (Å²) in [5, 5.41) is 7.67. The topological polar surface area (TPSA) is 88.5 Å². The van der Waals surface area contributed by atoms with Crippen molar-refractivity contribution >= 4 is 17.1 Å². The average Bonchev–Trinajstić information content (AvgIpc) is 3.15. The van der Waals surface area contributed by atoms with E-state index in [2.05, 4.69) is 15.3 Å². The number of hydrogen-bond donors (Lipinski definition) is 2. The summed E-state index contributed by atoms with van der Waals surface area (Å²) in [5.74, 6) is -0.154. The van der Waals surface area contributed by atoms with Crippen molar-refractivity contribution in [3.05, 3.63) is 29.2 Å². The second-order valence-corrected chi connectivity index (χ2v) is 7.96. The number of carbonyl (C=O) groups is 1. The zero-order valence-corrected chi connectivity index (χ0v) is 15.7. The molecule has 0 saturated carbocycles. The number of H-pyrrole nitrogens is 1. The Bertz CT molecular complexity index is 992. The maximum absolute atomic E-state index is 12.6. The Morgan fingerprint density at radius 3 is 2.81 bits per heavy atom. The minimum Gasteiger partial charge on any atom is -0.347 e. The second-order valence-electron chi connectivity index (χ2n) is 7.96. The van der Waals surface area contributed by atoms with Crippen LogP contribution in [0.5, 0.6) is 0 Å². The largest absolute Gasteiger partial charge is 0.347 e. The summed E-state index contributed by atoms with van der Waals surface area (Å²) >= 11 is 0. The van der Waals surface area contributed by atoms with Gasteiger partial charge >= 0.3 is 0 Å². The lowest BCUT2D eigenvalue weighted by atomic mass is 9.95. The van der Waals surface area contributed by atoms with Gasteiger partial charge in [0.1, 0.15) is 16.9 Å². The monoisotopic (exact) mass is 352 g/mol. The van der Waals surface area contributed by atoms with E-state index in [1.807, 2.05) is 32.5 Å². The van der Waals surface area contributed by atoms with Crippen LogP contribution >= 0.6 is 0 Å². The van der Waals surface area contributed by atoms with Crippen molar-refractivity contribution < 1.29 is 4.79 Å². The predicted molar refractivity (Wildman–Crippen MR) is 100.0 cm³/mol. The Hall–Kier alpha value is -2.70. The SMILES string of the molecule is Cn1nc(-c2cnc3[nH]cc(C(=O)NC(C)(C)C)c3n2)c2c1CCCC2. The molecular formula is C19H24N6O. The number of nitrogens with zero attached hydrogens (tertiary/aromatic N) is 4. The quantitative estimate of drug-likeness (QED) is 0.742. The number of fused-ring (bicyclic) bond motifs is 2. The first kappa shape index (κ1) is 16.8. The highest BCUT2D eigenvalue weighted by Gasteiger charge is 2.23. The van der Waals surface area contributed by atoms with Gasteiger partial charge in [0.2, 0.25) is 0 Å². The number of aromatic amines is 1. The Morgan fingerprint density at radius 1 is 1.27 bits per heavy atom. The molecule has 3 heterocycles. The first-order chi connectivity index (χ1) is 12.3. The van der Waals surface area contributed by atoms with Gasteiger partial charge in [-0.1, -0.05) is 0 Å². The van der Waals surface area contributed by atoms with Gasteiger partial charge in [-0.2, -0.15) is 5.10 Å². The number of carbonyl (C=O) groups excluding carboxylic acids is 1. The number of rotatable bonds is 2. The van der Waals surface area contributed by atoms with Crippen LogP contribution in [0.25, 0.3) is 22.6 Å². The van der Waals surface area contributed by atoms with E-state index in [-0.39, 0.29) is 11.4 Å². The Balaban J connectivity index is 1.79. The summed E-state index contributed by atoms with van der Waals surface area (Å²) in [7, 11) is 1.98. The molecule has 0 saturated heterocycles. The van der Waals surface area contributed by atoms with E-state index in [0.717, 1.165) is 24.2 Å². The molecule has 2 N–H and O–H groups in total. The molecule has 0 unspecified atom stereocenters. The minimum absolute atomic E-state index is 0.154. The van der Waals surface area contributed by atoms with E-state index in [0.29, 0.717) is 16.7 Å². The number of aryl methyl sites for hydroxylation is 1. The third-order valence-electron chi connectivity index (χ3n) is 4.72. The molecule has 0 radical (unpaired) electrons. The number of amides is 1. The molecule has 0 atom stereocenters. The molecule has 0 fully saturated rings. The van der Waals surface area contributed by atoms with Crippen LogP contribution in [0.4, 0.5) is 0 Å². The third kappa shape index (κ3) is 2.87. The summed E-state index contributed by atoms with van der Waals surface area (Å²) in [6.07, 6.45) is 7.85. The van der Waals surface area contributed by atoms with Crippen molar-refractivity contribution in [2.75, 3.05) is 0 Å². The molecule has 7 heteroatoms. The Labute approximate surface area is 152 Å². The van der Waals surface area contributed by atoms with Gasteiger partial charge in [-0.15, -0.1) is 0 Å². The molecule has 3 aromatic rings. The molecule has 3 aromatic heterocycles. The van der Waals surface area contributed by atoms with Crippen LogP contribution in [-0.4, -0.2) is 36.2 Å². The molecule has 7 nitrogen and oxygen atoms in total. The maximum Gasteiger partial charge on any atom is 0.255 e. The standard InChI is InChI=1S/C19H24N6O/c1-19(2,3)23-18(26)12-9-20-17-16(12)22-13(10-21-17)15-11-7-5-6-8-14(11)25(4)24-15/h9-10H,5-8H2,1-4H3,(H,20,21)(H,23,26). The Morgan fingerprint density at radius 2 is 2.04 bits per heavy atom. The van der Waals surface area contributed by atoms with E-state index < -0.39 is 0 Å². The van der Waals surface area contributed by atoms with Crippen LogP contribution in [0.15, 0.2) is 12.4 Å². The van der Waals surface area contributed by atoms with E-state index in [9.17, 15) is 4.79 Å². The van der Waals surface area contributed by atoms with Crippen molar-refractivity contribution in [2.45, 2.75) is 52.0 Å². The van der Waals surface area contributed by atoms with Gasteiger partial charge in [0.05, 0.1) is 11.8 Å². The van der Waals surface area contributed by atoms with Crippen molar-refractivity contribution in [3.8, 4) is 11.4 Å². The smallest absolute Gasteiger partial charge is 0.255 e. The average molecular weight is 352 g/mol. The van der Waals surface area contributed by atoms with Gasteiger partial charge < -0.3 is 10.3 Å². The normalized spacial score (nSPS) is 14.5. The zero-order valence-electron chi connectivity index (χ0n) is 15.7. The van der Waals surface area contributed by atoms with Gasteiger partial charge in [0.25, 0.3) is 5.91 Å². The molecule has 0 aliphatic heterocycles. The molecule has 1 aliphatic carbocycles. The lowest BCUT2D eigenvalue weighted by Crippen LogP contribution is -2.40. The molecule has 0 spiro atoms. The van der Waals surface area contributed by atoms with Crippen molar-refractivity contribution in [3.63, 3.8) is 0 Å². The van der Waals surface area contributed by atoms with E-state index in [1.54, 1.807) is 12.4 Å². The van der Waals surface area contributed by atoms with Gasteiger partial charge in [0.15, 0.2) is 5.65 Å². The Kier molecular flexibility index (Phi) is 3.82. The highest BCUT2D eigenvalue weighted by atomic mass is 16.1. The summed E-state index contributed by atoms with van der Waals surface area (Å²) in [4.78, 5) is 24.9. The molecule has 136 valence electrons. The van der Waals surface area contributed by atoms with Crippen LogP contribution in [0, 0.1) is 0 Å². The van der Waals surface area contributed by atoms with Crippen LogP contribution in [0.2, 0.25) is 0 Å². The van der Waals surface area contributed by atoms with Gasteiger partial charge in [-0.25, -0.2) is 9.97 Å². The van der Waals surface area contributed by atoms with Crippen molar-refractivity contribution in [1.82, 2.24) is 30.0 Å². The first-order valence-corrected chi connectivity index (χ1v) is 9.05. The fraction of sp³-hybridized carbons (Fsp3) is 0.474. The molecule has 26 heavy (non-hydrogen) atoms. The predicted octanol–water partition coefficient (Wildman–Crippen LogP) is 2.77. The van der Waals surface area contributed by atoms with E-state index >= 15 is 0 Å². The molecule has 1 amide bonds. The third-order valence-corrected chi connectivity index (χ3v) is 4.72. The van der Waals surface area contributed by atoms with Crippen LogP contribution < -0.4 is 5.32 Å². The second kappa shape index (κ2) is 5.93.